The lowest BCUT2D eigenvalue weighted by molar-refractivity contribution is 0.843. The minimum Gasteiger partial charge on any atom is -0.385 e. The van der Waals surface area contributed by atoms with Gasteiger partial charge in [-0.15, -0.1) is 0 Å². The molecule has 0 aromatic heterocycles. The van der Waals surface area contributed by atoms with Crippen LogP contribution in [0, 0.1) is 11.3 Å². The first-order chi connectivity index (χ1) is 7.77. The Hall–Kier alpha value is -0.850. The molecule has 2 nitrogen and oxygen atoms in total. The third-order valence-corrected chi connectivity index (χ3v) is 3.22. The third kappa shape index (κ3) is 4.34. The first-order valence-electron chi connectivity index (χ1n) is 5.20. The fourth-order valence-electron chi connectivity index (χ4n) is 1.33. The summed E-state index contributed by atoms with van der Waals surface area (Å²) in [6, 6.07) is 7.51. The summed E-state index contributed by atoms with van der Waals surface area (Å²) in [4.78, 5) is 0. The number of thioether (sulfide) groups is 1. The highest BCUT2D eigenvalue weighted by atomic mass is 35.5. The topological polar surface area (TPSA) is 35.8 Å². The van der Waals surface area contributed by atoms with Gasteiger partial charge in [0.2, 0.25) is 0 Å². The van der Waals surface area contributed by atoms with Gasteiger partial charge in [-0.25, -0.2) is 0 Å². The van der Waals surface area contributed by atoms with E-state index in [1.165, 1.54) is 12.2 Å². The lowest BCUT2D eigenvalue weighted by Gasteiger charge is -2.06. The summed E-state index contributed by atoms with van der Waals surface area (Å²) < 4.78 is 0. The summed E-state index contributed by atoms with van der Waals surface area (Å²) >= 11 is 7.71. The Morgan fingerprint density at radius 2 is 2.25 bits per heavy atom. The van der Waals surface area contributed by atoms with Crippen LogP contribution in [0.2, 0.25) is 5.02 Å². The Kier molecular flexibility index (Phi) is 6.14. The van der Waals surface area contributed by atoms with E-state index in [9.17, 15) is 0 Å². The van der Waals surface area contributed by atoms with Crippen LogP contribution in [0.15, 0.2) is 18.2 Å². The highest BCUT2D eigenvalue weighted by Crippen LogP contribution is 2.19. The van der Waals surface area contributed by atoms with Gasteiger partial charge < -0.3 is 5.32 Å². The number of rotatable bonds is 6. The third-order valence-electron chi connectivity index (χ3n) is 2.19. The lowest BCUT2D eigenvalue weighted by Crippen LogP contribution is -2.02. The smallest absolute Gasteiger partial charge is 0.101 e. The standard InChI is InChI=1S/C12H15ClN2S/c1-16-7-3-2-6-15-11-4-5-12(13)10(8-11)9-14/h4-5,8,15H,2-3,6-7H2,1H3. The fraction of sp³-hybridized carbons (Fsp3) is 0.417. The molecule has 1 N–H and O–H groups in total. The number of nitriles is 1. The van der Waals surface area contributed by atoms with Crippen molar-refractivity contribution in [3.8, 4) is 6.07 Å². The Bertz CT molecular complexity index is 374. The maximum atomic E-state index is 8.82. The molecule has 0 unspecified atom stereocenters. The maximum absolute atomic E-state index is 8.82. The van der Waals surface area contributed by atoms with Gasteiger partial charge in [-0.2, -0.15) is 17.0 Å². The van der Waals surface area contributed by atoms with Crippen molar-refractivity contribution in [1.82, 2.24) is 0 Å². The van der Waals surface area contributed by atoms with Gasteiger partial charge in [0.15, 0.2) is 0 Å². The quantitative estimate of drug-likeness (QED) is 0.785. The number of hydrogen-bond donors (Lipinski definition) is 1. The van der Waals surface area contributed by atoms with Crippen molar-refractivity contribution >= 4 is 29.1 Å². The van der Waals surface area contributed by atoms with Crippen LogP contribution >= 0.6 is 23.4 Å². The highest BCUT2D eigenvalue weighted by Gasteiger charge is 2.00. The molecule has 0 aliphatic rings. The van der Waals surface area contributed by atoms with Crippen molar-refractivity contribution in [2.24, 2.45) is 0 Å². The first-order valence-corrected chi connectivity index (χ1v) is 6.97. The molecule has 0 fully saturated rings. The molecule has 0 spiro atoms. The molecule has 0 heterocycles. The van der Waals surface area contributed by atoms with Crippen LogP contribution < -0.4 is 5.32 Å². The number of unbranched alkanes of at least 4 members (excludes halogenated alkanes) is 1. The van der Waals surface area contributed by atoms with Crippen molar-refractivity contribution in [3.63, 3.8) is 0 Å². The van der Waals surface area contributed by atoms with E-state index in [0.717, 1.165) is 18.7 Å². The zero-order valence-electron chi connectivity index (χ0n) is 9.29. The predicted molar refractivity (Wildman–Crippen MR) is 72.3 cm³/mol. The second kappa shape index (κ2) is 7.43. The molecule has 0 radical (unpaired) electrons. The van der Waals surface area contributed by atoms with E-state index in [1.807, 2.05) is 17.8 Å². The average molecular weight is 255 g/mol. The van der Waals surface area contributed by atoms with E-state index in [4.69, 9.17) is 16.9 Å². The molecule has 0 bridgehead atoms. The predicted octanol–water partition coefficient (Wildman–Crippen LogP) is 3.77. The van der Waals surface area contributed by atoms with E-state index in [-0.39, 0.29) is 0 Å². The highest BCUT2D eigenvalue weighted by molar-refractivity contribution is 7.98. The van der Waals surface area contributed by atoms with Gasteiger partial charge in [-0.1, -0.05) is 11.6 Å². The summed E-state index contributed by atoms with van der Waals surface area (Å²) in [5.41, 5.74) is 1.49. The van der Waals surface area contributed by atoms with E-state index in [2.05, 4.69) is 17.6 Å². The molecule has 0 amide bonds. The average Bonchev–Trinajstić information content (AvgIpc) is 2.31. The van der Waals surface area contributed by atoms with Crippen molar-refractivity contribution in [1.29, 1.82) is 5.26 Å². The minimum absolute atomic E-state index is 0.510. The lowest BCUT2D eigenvalue weighted by atomic mass is 10.2. The van der Waals surface area contributed by atoms with Gasteiger partial charge >= 0.3 is 0 Å². The SMILES string of the molecule is CSCCCCNc1ccc(Cl)c(C#N)c1. The Balaban J connectivity index is 2.40. The number of benzene rings is 1. The Morgan fingerprint density at radius 3 is 2.94 bits per heavy atom. The van der Waals surface area contributed by atoms with Crippen LogP contribution in [-0.2, 0) is 0 Å². The van der Waals surface area contributed by atoms with E-state index < -0.39 is 0 Å². The summed E-state index contributed by atoms with van der Waals surface area (Å²) in [5, 5.41) is 12.6. The van der Waals surface area contributed by atoms with Crippen molar-refractivity contribution < 1.29 is 0 Å². The molecular weight excluding hydrogens is 240 g/mol. The molecule has 0 aliphatic carbocycles. The summed E-state index contributed by atoms with van der Waals surface area (Å²) in [6.45, 7) is 0.938. The normalized spacial score (nSPS) is 9.81. The van der Waals surface area contributed by atoms with Crippen molar-refractivity contribution in [2.75, 3.05) is 23.9 Å². The van der Waals surface area contributed by atoms with Gasteiger partial charge in [-0.3, -0.25) is 0 Å². The van der Waals surface area contributed by atoms with Gasteiger partial charge in [0.25, 0.3) is 0 Å². The maximum Gasteiger partial charge on any atom is 0.101 e. The number of hydrogen-bond acceptors (Lipinski definition) is 3. The molecule has 0 atom stereocenters. The largest absolute Gasteiger partial charge is 0.385 e. The van der Waals surface area contributed by atoms with E-state index in [0.29, 0.717) is 10.6 Å². The Morgan fingerprint density at radius 1 is 1.44 bits per heavy atom. The molecule has 1 aromatic rings. The van der Waals surface area contributed by atoms with Crippen LogP contribution in [0.1, 0.15) is 18.4 Å². The van der Waals surface area contributed by atoms with Gasteiger partial charge in [0.1, 0.15) is 6.07 Å². The van der Waals surface area contributed by atoms with Gasteiger partial charge in [-0.05, 0) is 43.0 Å². The molecular formula is C12H15ClN2S. The molecule has 1 rings (SSSR count). The first kappa shape index (κ1) is 13.2. The second-order valence-electron chi connectivity index (χ2n) is 3.43. The molecule has 0 aliphatic heterocycles. The zero-order chi connectivity index (χ0) is 11.8. The molecule has 16 heavy (non-hydrogen) atoms. The molecule has 86 valence electrons. The number of nitrogens with one attached hydrogen (secondary N) is 1. The minimum atomic E-state index is 0.510. The van der Waals surface area contributed by atoms with Gasteiger partial charge in [0.05, 0.1) is 10.6 Å². The Labute approximate surface area is 106 Å². The summed E-state index contributed by atoms with van der Waals surface area (Å²) in [6.07, 6.45) is 4.48. The summed E-state index contributed by atoms with van der Waals surface area (Å²) in [5.74, 6) is 1.20. The number of nitrogens with zero attached hydrogens (tertiary/aromatic N) is 1. The number of anilines is 1. The summed E-state index contributed by atoms with van der Waals surface area (Å²) in [7, 11) is 0. The van der Waals surface area contributed by atoms with Crippen LogP contribution in [0.3, 0.4) is 0 Å². The molecule has 0 saturated carbocycles. The van der Waals surface area contributed by atoms with Crippen molar-refractivity contribution in [2.45, 2.75) is 12.8 Å². The van der Waals surface area contributed by atoms with Gasteiger partial charge in [0, 0.05) is 12.2 Å². The second-order valence-corrected chi connectivity index (χ2v) is 4.83. The van der Waals surface area contributed by atoms with Crippen LogP contribution in [0.25, 0.3) is 0 Å². The van der Waals surface area contributed by atoms with Crippen LogP contribution in [-0.4, -0.2) is 18.6 Å². The van der Waals surface area contributed by atoms with Crippen molar-refractivity contribution in [3.05, 3.63) is 28.8 Å². The van der Waals surface area contributed by atoms with Crippen LogP contribution in [0.5, 0.6) is 0 Å². The van der Waals surface area contributed by atoms with Crippen LogP contribution in [0.4, 0.5) is 5.69 Å². The van der Waals surface area contributed by atoms with E-state index in [1.54, 1.807) is 12.1 Å². The monoisotopic (exact) mass is 254 g/mol. The zero-order valence-corrected chi connectivity index (χ0v) is 10.9. The molecule has 1 aromatic carbocycles. The molecule has 4 heteroatoms. The van der Waals surface area contributed by atoms with E-state index >= 15 is 0 Å². The molecule has 0 saturated heterocycles. The fourth-order valence-corrected chi connectivity index (χ4v) is 1.98. The number of halogens is 1.